The molecular formula is C16H18N2O3. The first-order chi connectivity index (χ1) is 10.2. The molecule has 2 atom stereocenters. The molecule has 1 saturated heterocycles. The summed E-state index contributed by atoms with van der Waals surface area (Å²) in [5.74, 6) is -0.292. The van der Waals surface area contributed by atoms with Gasteiger partial charge in [0.2, 0.25) is 0 Å². The molecule has 0 aliphatic carbocycles. The topological polar surface area (TPSA) is 62.7 Å². The van der Waals surface area contributed by atoms with Gasteiger partial charge in [-0.1, -0.05) is 24.3 Å². The van der Waals surface area contributed by atoms with Gasteiger partial charge in [0.1, 0.15) is 6.04 Å². The van der Waals surface area contributed by atoms with Crippen LogP contribution in [0, 0.1) is 0 Å². The first-order valence-electron chi connectivity index (χ1n) is 7.01. The molecule has 2 heterocycles. The highest BCUT2D eigenvalue weighted by molar-refractivity contribution is 5.81. The number of esters is 1. The fourth-order valence-corrected chi connectivity index (χ4v) is 2.95. The van der Waals surface area contributed by atoms with E-state index in [0.717, 1.165) is 16.5 Å². The minimum Gasteiger partial charge on any atom is -0.468 e. The summed E-state index contributed by atoms with van der Waals surface area (Å²) in [6, 6.07) is 9.55. The summed E-state index contributed by atoms with van der Waals surface area (Å²) in [5, 5.41) is 10.9. The Morgan fingerprint density at radius 2 is 2.24 bits per heavy atom. The number of aromatic nitrogens is 1. The van der Waals surface area contributed by atoms with Crippen LogP contribution >= 0.6 is 0 Å². The van der Waals surface area contributed by atoms with Crippen LogP contribution in [0.5, 0.6) is 0 Å². The molecule has 0 radical (unpaired) electrons. The van der Waals surface area contributed by atoms with Crippen molar-refractivity contribution in [2.24, 2.45) is 0 Å². The maximum Gasteiger partial charge on any atom is 0.323 e. The van der Waals surface area contributed by atoms with Crippen molar-refractivity contribution in [3.8, 4) is 0 Å². The fourth-order valence-electron chi connectivity index (χ4n) is 2.95. The molecule has 1 N–H and O–H groups in total. The summed E-state index contributed by atoms with van der Waals surface area (Å²) in [6.45, 7) is 1.05. The van der Waals surface area contributed by atoms with Crippen molar-refractivity contribution in [2.75, 3.05) is 13.7 Å². The smallest absolute Gasteiger partial charge is 0.323 e. The van der Waals surface area contributed by atoms with E-state index < -0.39 is 6.10 Å². The van der Waals surface area contributed by atoms with Crippen molar-refractivity contribution in [1.29, 1.82) is 0 Å². The number of aliphatic hydroxyl groups excluding tert-OH is 1. The molecule has 1 aromatic heterocycles. The lowest BCUT2D eigenvalue weighted by Gasteiger charge is -2.22. The van der Waals surface area contributed by atoms with E-state index in [1.165, 1.54) is 7.11 Å². The third-order valence-electron chi connectivity index (χ3n) is 3.94. The van der Waals surface area contributed by atoms with Gasteiger partial charge >= 0.3 is 5.97 Å². The Morgan fingerprint density at radius 1 is 1.43 bits per heavy atom. The summed E-state index contributed by atoms with van der Waals surface area (Å²) in [4.78, 5) is 18.2. The van der Waals surface area contributed by atoms with Gasteiger partial charge < -0.3 is 9.84 Å². The Labute approximate surface area is 123 Å². The average molecular weight is 286 g/mol. The summed E-state index contributed by atoms with van der Waals surface area (Å²) in [6.07, 6.45) is 1.70. The van der Waals surface area contributed by atoms with Crippen molar-refractivity contribution >= 4 is 16.9 Å². The molecule has 1 aromatic carbocycles. The molecule has 0 spiro atoms. The number of ether oxygens (including phenoxy) is 1. The van der Waals surface area contributed by atoms with E-state index in [1.54, 1.807) is 6.20 Å². The van der Waals surface area contributed by atoms with Crippen LogP contribution in [0.1, 0.15) is 12.0 Å². The van der Waals surface area contributed by atoms with Gasteiger partial charge in [-0.2, -0.15) is 0 Å². The van der Waals surface area contributed by atoms with Gasteiger partial charge in [-0.25, -0.2) is 0 Å². The molecule has 0 saturated carbocycles. The van der Waals surface area contributed by atoms with Crippen LogP contribution in [-0.4, -0.2) is 46.8 Å². The highest BCUT2D eigenvalue weighted by atomic mass is 16.5. The van der Waals surface area contributed by atoms with E-state index >= 15 is 0 Å². The van der Waals surface area contributed by atoms with E-state index in [4.69, 9.17) is 4.74 Å². The van der Waals surface area contributed by atoms with E-state index in [-0.39, 0.29) is 12.0 Å². The highest BCUT2D eigenvalue weighted by Crippen LogP contribution is 2.24. The number of carbonyl (C=O) groups excluding carboxylic acids is 1. The molecule has 110 valence electrons. The zero-order chi connectivity index (χ0) is 14.8. The number of β-amino-alcohol motifs (C(OH)–C–C–N with tert-alkyl or cyclic N) is 1. The van der Waals surface area contributed by atoms with E-state index in [9.17, 15) is 9.90 Å². The first-order valence-corrected chi connectivity index (χ1v) is 7.01. The normalized spacial score (nSPS) is 22.6. The van der Waals surface area contributed by atoms with Crippen LogP contribution in [0.25, 0.3) is 10.9 Å². The molecule has 0 bridgehead atoms. The van der Waals surface area contributed by atoms with Crippen molar-refractivity contribution in [3.63, 3.8) is 0 Å². The zero-order valence-electron chi connectivity index (χ0n) is 11.9. The molecule has 3 rings (SSSR count). The van der Waals surface area contributed by atoms with Crippen molar-refractivity contribution < 1.29 is 14.6 Å². The second kappa shape index (κ2) is 5.79. The van der Waals surface area contributed by atoms with Crippen LogP contribution in [0.4, 0.5) is 0 Å². The Balaban J connectivity index is 1.89. The van der Waals surface area contributed by atoms with Gasteiger partial charge in [-0.05, 0) is 11.6 Å². The second-order valence-electron chi connectivity index (χ2n) is 5.35. The molecule has 21 heavy (non-hydrogen) atoms. The maximum absolute atomic E-state index is 11.8. The lowest BCUT2D eigenvalue weighted by atomic mass is 10.1. The molecule has 1 fully saturated rings. The predicted molar refractivity (Wildman–Crippen MR) is 78.6 cm³/mol. The number of likely N-dealkylation sites (tertiary alicyclic amines) is 1. The number of nitrogens with zero attached hydrogens (tertiary/aromatic N) is 2. The molecule has 2 aromatic rings. The number of rotatable bonds is 3. The fraction of sp³-hybridized carbons (Fsp3) is 0.375. The Kier molecular flexibility index (Phi) is 3.86. The minimum absolute atomic E-state index is 0.292. The van der Waals surface area contributed by atoms with Gasteiger partial charge in [0.15, 0.2) is 0 Å². The SMILES string of the molecule is COC(=O)C1CC(O)CN1Cc1cccc2cccnc12. The van der Waals surface area contributed by atoms with Crippen LogP contribution in [-0.2, 0) is 16.1 Å². The molecule has 0 amide bonds. The Hall–Kier alpha value is -1.98. The van der Waals surface area contributed by atoms with Gasteiger partial charge in [0, 0.05) is 31.1 Å². The molecule has 1 aliphatic heterocycles. The van der Waals surface area contributed by atoms with E-state index in [1.807, 2.05) is 35.2 Å². The quantitative estimate of drug-likeness (QED) is 0.863. The van der Waals surface area contributed by atoms with Gasteiger partial charge in [-0.3, -0.25) is 14.7 Å². The number of benzene rings is 1. The van der Waals surface area contributed by atoms with Crippen molar-refractivity contribution in [2.45, 2.75) is 25.1 Å². The lowest BCUT2D eigenvalue weighted by Crippen LogP contribution is -2.36. The van der Waals surface area contributed by atoms with Gasteiger partial charge in [-0.15, -0.1) is 0 Å². The first kappa shape index (κ1) is 14.0. The zero-order valence-corrected chi connectivity index (χ0v) is 11.9. The number of aliphatic hydroxyl groups is 1. The number of pyridine rings is 1. The van der Waals surface area contributed by atoms with Crippen LogP contribution < -0.4 is 0 Å². The maximum atomic E-state index is 11.8. The number of carbonyl (C=O) groups is 1. The summed E-state index contributed by atoms with van der Waals surface area (Å²) >= 11 is 0. The van der Waals surface area contributed by atoms with Crippen LogP contribution in [0.2, 0.25) is 0 Å². The molecule has 2 unspecified atom stereocenters. The predicted octanol–water partition coefficient (Wildman–Crippen LogP) is 1.34. The summed E-state index contributed by atoms with van der Waals surface area (Å²) in [5.41, 5.74) is 1.99. The molecule has 5 nitrogen and oxygen atoms in total. The second-order valence-corrected chi connectivity index (χ2v) is 5.35. The van der Waals surface area contributed by atoms with Crippen molar-refractivity contribution in [3.05, 3.63) is 42.1 Å². The van der Waals surface area contributed by atoms with Gasteiger partial charge in [0.05, 0.1) is 18.7 Å². The van der Waals surface area contributed by atoms with E-state index in [0.29, 0.717) is 19.5 Å². The van der Waals surface area contributed by atoms with Crippen LogP contribution in [0.15, 0.2) is 36.5 Å². The molecular weight excluding hydrogens is 268 g/mol. The number of methoxy groups -OCH3 is 1. The number of fused-ring (bicyclic) bond motifs is 1. The monoisotopic (exact) mass is 286 g/mol. The largest absolute Gasteiger partial charge is 0.468 e. The average Bonchev–Trinajstić information content (AvgIpc) is 2.87. The van der Waals surface area contributed by atoms with E-state index in [2.05, 4.69) is 4.98 Å². The van der Waals surface area contributed by atoms with Gasteiger partial charge in [0.25, 0.3) is 0 Å². The summed E-state index contributed by atoms with van der Waals surface area (Å²) in [7, 11) is 1.38. The molecule has 5 heteroatoms. The molecule has 1 aliphatic rings. The Bertz CT molecular complexity index is 654. The highest BCUT2D eigenvalue weighted by Gasteiger charge is 2.36. The lowest BCUT2D eigenvalue weighted by molar-refractivity contribution is -0.146. The number of hydrogen-bond donors (Lipinski definition) is 1. The summed E-state index contributed by atoms with van der Waals surface area (Å²) < 4.78 is 4.83. The van der Waals surface area contributed by atoms with Crippen molar-refractivity contribution in [1.82, 2.24) is 9.88 Å². The minimum atomic E-state index is -0.489. The third kappa shape index (κ3) is 2.75. The Morgan fingerprint density at radius 3 is 3.05 bits per heavy atom. The standard InChI is InChI=1S/C16H18N2O3/c1-21-16(20)14-8-13(19)10-18(14)9-12-5-2-4-11-6-3-7-17-15(11)12/h2-7,13-14,19H,8-10H2,1H3. The number of para-hydroxylation sites is 1. The van der Waals surface area contributed by atoms with Crippen LogP contribution in [0.3, 0.4) is 0 Å². The number of hydrogen-bond acceptors (Lipinski definition) is 5. The third-order valence-corrected chi connectivity index (χ3v) is 3.94.